The van der Waals surface area contributed by atoms with Gasteiger partial charge in [-0.2, -0.15) is 0 Å². The standard InChI is InChI=1S/C9H9N2OP/c1-11-6-9(13-12)7-4-2-3-5-8(7)10-11/h2-6,10H,1H3. The topological polar surface area (TPSA) is 32.3 Å². The Morgan fingerprint density at radius 1 is 1.38 bits per heavy atom. The average Bonchev–Trinajstić information content (AvgIpc) is 2.16. The van der Waals surface area contributed by atoms with Gasteiger partial charge in [-0.1, -0.05) is 18.2 Å². The Bertz CT molecular complexity index is 376. The first-order valence-corrected chi connectivity index (χ1v) is 4.76. The molecule has 0 radical (unpaired) electrons. The van der Waals surface area contributed by atoms with E-state index in [-0.39, 0.29) is 8.46 Å². The van der Waals surface area contributed by atoms with E-state index < -0.39 is 0 Å². The highest BCUT2D eigenvalue weighted by Gasteiger charge is 2.13. The molecule has 1 heterocycles. The van der Waals surface area contributed by atoms with Crippen molar-refractivity contribution in [2.75, 3.05) is 12.5 Å². The highest BCUT2D eigenvalue weighted by Crippen LogP contribution is 2.34. The van der Waals surface area contributed by atoms with E-state index >= 15 is 0 Å². The monoisotopic (exact) mass is 192 g/mol. The van der Waals surface area contributed by atoms with Crippen molar-refractivity contribution in [1.82, 2.24) is 5.01 Å². The van der Waals surface area contributed by atoms with Gasteiger partial charge in [0.15, 0.2) is 8.46 Å². The molecule has 3 nitrogen and oxygen atoms in total. The fourth-order valence-electron chi connectivity index (χ4n) is 1.35. The molecule has 0 amide bonds. The lowest BCUT2D eigenvalue weighted by Gasteiger charge is -2.24. The maximum atomic E-state index is 10.8. The first-order valence-electron chi connectivity index (χ1n) is 3.95. The predicted octanol–water partition coefficient (Wildman–Crippen LogP) is 2.55. The number of hydrogen-bond acceptors (Lipinski definition) is 3. The third-order valence-corrected chi connectivity index (χ3v) is 2.47. The number of nitrogens with zero attached hydrogens (tertiary/aromatic N) is 1. The van der Waals surface area contributed by atoms with Crippen LogP contribution in [0, 0.1) is 0 Å². The number of hydrogen-bond donors (Lipinski definition) is 1. The molecule has 1 aromatic rings. The van der Waals surface area contributed by atoms with Gasteiger partial charge in [0.1, 0.15) is 0 Å². The lowest BCUT2D eigenvalue weighted by Crippen LogP contribution is -2.22. The van der Waals surface area contributed by atoms with E-state index in [1.54, 1.807) is 5.01 Å². The second kappa shape index (κ2) is 3.19. The average molecular weight is 192 g/mol. The zero-order chi connectivity index (χ0) is 9.26. The second-order valence-corrected chi connectivity index (χ2v) is 3.54. The Labute approximate surface area is 78.2 Å². The van der Waals surface area contributed by atoms with E-state index in [9.17, 15) is 4.57 Å². The Kier molecular flexibility index (Phi) is 2.03. The molecular weight excluding hydrogens is 183 g/mol. The number of para-hydroxylation sites is 1. The van der Waals surface area contributed by atoms with Crippen molar-refractivity contribution < 1.29 is 4.57 Å². The highest BCUT2D eigenvalue weighted by molar-refractivity contribution is 7.37. The van der Waals surface area contributed by atoms with E-state index in [2.05, 4.69) is 5.43 Å². The van der Waals surface area contributed by atoms with Crippen LogP contribution in [0.25, 0.3) is 5.31 Å². The van der Waals surface area contributed by atoms with E-state index in [0.717, 1.165) is 16.6 Å². The van der Waals surface area contributed by atoms with Gasteiger partial charge in [0.05, 0.1) is 11.0 Å². The molecule has 1 aromatic carbocycles. The Morgan fingerprint density at radius 3 is 2.92 bits per heavy atom. The lowest BCUT2D eigenvalue weighted by molar-refractivity contribution is 0.548. The molecule has 0 saturated carbocycles. The molecule has 13 heavy (non-hydrogen) atoms. The molecule has 0 unspecified atom stereocenters. The van der Waals surface area contributed by atoms with Gasteiger partial charge in [-0.15, -0.1) is 0 Å². The molecule has 4 heteroatoms. The summed E-state index contributed by atoms with van der Waals surface area (Å²) in [5.74, 6) is 0. The fourth-order valence-corrected chi connectivity index (χ4v) is 1.87. The smallest absolute Gasteiger partial charge is 0.194 e. The number of nitrogens with one attached hydrogen (secondary N) is 1. The number of hydrazine groups is 1. The molecule has 0 bridgehead atoms. The second-order valence-electron chi connectivity index (χ2n) is 2.87. The largest absolute Gasteiger partial charge is 0.299 e. The minimum absolute atomic E-state index is 0.0555. The van der Waals surface area contributed by atoms with Crippen LogP contribution in [0.2, 0.25) is 0 Å². The predicted molar refractivity (Wildman–Crippen MR) is 53.4 cm³/mol. The quantitative estimate of drug-likeness (QED) is 0.694. The molecule has 0 fully saturated rings. The van der Waals surface area contributed by atoms with Gasteiger partial charge >= 0.3 is 0 Å². The van der Waals surface area contributed by atoms with Gasteiger partial charge in [-0.3, -0.25) is 15.0 Å². The molecular formula is C9H9N2OP. The molecule has 0 saturated heterocycles. The van der Waals surface area contributed by atoms with Crippen molar-refractivity contribution in [1.29, 1.82) is 0 Å². The van der Waals surface area contributed by atoms with Crippen molar-refractivity contribution in [3.05, 3.63) is 36.0 Å². The van der Waals surface area contributed by atoms with Gasteiger partial charge in [-0.25, -0.2) is 0 Å². The number of anilines is 1. The van der Waals surface area contributed by atoms with Crippen molar-refractivity contribution >= 4 is 19.5 Å². The molecule has 0 aliphatic carbocycles. The summed E-state index contributed by atoms with van der Waals surface area (Å²) in [6, 6.07) is 7.80. The first-order chi connectivity index (χ1) is 6.31. The Morgan fingerprint density at radius 2 is 2.15 bits per heavy atom. The molecule has 1 aliphatic heterocycles. The summed E-state index contributed by atoms with van der Waals surface area (Å²) in [6.07, 6.45) is 1.82. The maximum Gasteiger partial charge on any atom is 0.194 e. The van der Waals surface area contributed by atoms with Crippen LogP contribution in [-0.2, 0) is 4.57 Å². The zero-order valence-corrected chi connectivity index (χ0v) is 8.08. The van der Waals surface area contributed by atoms with Crippen LogP contribution in [0.15, 0.2) is 30.5 Å². The minimum Gasteiger partial charge on any atom is -0.299 e. The molecule has 1 N–H and O–H groups in total. The van der Waals surface area contributed by atoms with Crippen LogP contribution in [0.5, 0.6) is 0 Å². The van der Waals surface area contributed by atoms with E-state index in [4.69, 9.17) is 0 Å². The normalized spacial score (nSPS) is 14.8. The number of rotatable bonds is 1. The van der Waals surface area contributed by atoms with E-state index in [1.165, 1.54) is 0 Å². The molecule has 0 aromatic heterocycles. The highest BCUT2D eigenvalue weighted by atomic mass is 31.1. The van der Waals surface area contributed by atoms with Crippen LogP contribution >= 0.6 is 8.46 Å². The Balaban J connectivity index is 2.54. The summed E-state index contributed by atoms with van der Waals surface area (Å²) < 4.78 is 10.8. The number of fused-ring (bicyclic) bond motifs is 1. The summed E-state index contributed by atoms with van der Waals surface area (Å²) >= 11 is 0. The van der Waals surface area contributed by atoms with Crippen molar-refractivity contribution in [3.63, 3.8) is 0 Å². The van der Waals surface area contributed by atoms with Gasteiger partial charge < -0.3 is 0 Å². The van der Waals surface area contributed by atoms with Crippen LogP contribution in [-0.4, -0.2) is 12.1 Å². The van der Waals surface area contributed by atoms with Crippen LogP contribution in [0.1, 0.15) is 5.56 Å². The third-order valence-electron chi connectivity index (χ3n) is 1.91. The van der Waals surface area contributed by atoms with E-state index in [0.29, 0.717) is 0 Å². The van der Waals surface area contributed by atoms with Gasteiger partial charge in [-0.05, 0) is 6.07 Å². The fraction of sp³-hybridized carbons (Fsp3) is 0.111. The summed E-state index contributed by atoms with van der Waals surface area (Å²) in [6.45, 7) is 0. The van der Waals surface area contributed by atoms with Gasteiger partial charge in [0, 0.05) is 18.8 Å². The summed E-state index contributed by atoms with van der Waals surface area (Å²) in [7, 11) is 1.93. The Hall–Kier alpha value is -1.34. The minimum atomic E-state index is 0.0555. The zero-order valence-electron chi connectivity index (χ0n) is 7.19. The molecule has 0 atom stereocenters. The maximum absolute atomic E-state index is 10.8. The number of benzene rings is 1. The third kappa shape index (κ3) is 1.43. The van der Waals surface area contributed by atoms with Gasteiger partial charge in [0.2, 0.25) is 0 Å². The van der Waals surface area contributed by atoms with Crippen molar-refractivity contribution in [3.8, 4) is 0 Å². The summed E-state index contributed by atoms with van der Waals surface area (Å²) in [4.78, 5) is 0. The van der Waals surface area contributed by atoms with Crippen molar-refractivity contribution in [2.45, 2.75) is 0 Å². The van der Waals surface area contributed by atoms with Gasteiger partial charge in [0.25, 0.3) is 0 Å². The first kappa shape index (κ1) is 8.27. The molecule has 2 rings (SSSR count). The summed E-state index contributed by atoms with van der Waals surface area (Å²) in [5.41, 5.74) is 5.13. The lowest BCUT2D eigenvalue weighted by atomic mass is 10.1. The van der Waals surface area contributed by atoms with Crippen LogP contribution in [0.3, 0.4) is 0 Å². The van der Waals surface area contributed by atoms with Crippen molar-refractivity contribution in [2.24, 2.45) is 0 Å². The SMILES string of the molecule is CN1C=C(P=O)c2ccccc2N1. The van der Waals surface area contributed by atoms with Crippen LogP contribution in [0.4, 0.5) is 5.69 Å². The summed E-state index contributed by atoms with van der Waals surface area (Å²) in [5, 5.41) is 2.60. The molecule has 66 valence electrons. The molecule has 1 aliphatic rings. The van der Waals surface area contributed by atoms with E-state index in [1.807, 2.05) is 37.5 Å². The molecule has 0 spiro atoms. The van der Waals surface area contributed by atoms with Crippen LogP contribution < -0.4 is 5.43 Å².